The average Bonchev–Trinajstić information content (AvgIpc) is 2.81. The first-order valence-electron chi connectivity index (χ1n) is 11.8. The first-order valence-corrected chi connectivity index (χ1v) is 12.6. The van der Waals surface area contributed by atoms with Crippen LogP contribution < -0.4 is 16.2 Å². The summed E-state index contributed by atoms with van der Waals surface area (Å²) in [7, 11) is 0. The predicted octanol–water partition coefficient (Wildman–Crippen LogP) is 4.56. The fourth-order valence-electron chi connectivity index (χ4n) is 4.09. The lowest BCUT2D eigenvalue weighted by molar-refractivity contribution is 0.0653. The highest BCUT2D eigenvalue weighted by atomic mass is 35.5. The molecule has 9 nitrogen and oxygen atoms in total. The lowest BCUT2D eigenvalue weighted by Gasteiger charge is -2.34. The van der Waals surface area contributed by atoms with Gasteiger partial charge in [0.2, 0.25) is 11.9 Å². The number of carbonyl (C=O) groups is 1. The summed E-state index contributed by atoms with van der Waals surface area (Å²) in [6.45, 7) is 10.0. The highest BCUT2D eigenvalue weighted by Gasteiger charge is 2.32. The maximum atomic E-state index is 13.7. The third-order valence-electron chi connectivity index (χ3n) is 5.77. The molecular formula is C25H29Cl2N7O2. The number of benzene rings is 1. The van der Waals surface area contributed by atoms with E-state index in [1.807, 2.05) is 34.6 Å². The Balaban J connectivity index is 1.73. The number of carbonyl (C=O) groups excluding carboxylic acids is 1. The Labute approximate surface area is 219 Å². The zero-order chi connectivity index (χ0) is 26.1. The van der Waals surface area contributed by atoms with Gasteiger partial charge in [-0.3, -0.25) is 9.59 Å². The van der Waals surface area contributed by atoms with Gasteiger partial charge >= 0.3 is 0 Å². The molecule has 1 aromatic carbocycles. The average molecular weight is 530 g/mol. The summed E-state index contributed by atoms with van der Waals surface area (Å²) in [5.74, 6) is 0.660. The van der Waals surface area contributed by atoms with E-state index in [-0.39, 0.29) is 36.1 Å². The van der Waals surface area contributed by atoms with Gasteiger partial charge in [0, 0.05) is 29.3 Å². The van der Waals surface area contributed by atoms with Crippen molar-refractivity contribution in [2.75, 3.05) is 10.6 Å². The number of aromatic nitrogens is 4. The van der Waals surface area contributed by atoms with E-state index in [1.54, 1.807) is 35.5 Å². The van der Waals surface area contributed by atoms with E-state index in [1.165, 1.54) is 4.57 Å². The van der Waals surface area contributed by atoms with Crippen LogP contribution in [0.3, 0.4) is 0 Å². The van der Waals surface area contributed by atoms with Gasteiger partial charge in [0.1, 0.15) is 0 Å². The lowest BCUT2D eigenvalue weighted by atomic mass is 9.98. The van der Waals surface area contributed by atoms with Crippen molar-refractivity contribution in [3.63, 3.8) is 0 Å². The Morgan fingerprint density at radius 3 is 2.33 bits per heavy atom. The first kappa shape index (κ1) is 25.9. The Hall–Kier alpha value is -3.17. The number of hydrogen-bond donors (Lipinski definition) is 2. The van der Waals surface area contributed by atoms with Crippen molar-refractivity contribution in [1.82, 2.24) is 24.4 Å². The molecule has 2 N–H and O–H groups in total. The summed E-state index contributed by atoms with van der Waals surface area (Å²) in [4.78, 5) is 42.2. The molecule has 0 fully saturated rings. The quantitative estimate of drug-likeness (QED) is 0.482. The SMILES string of the molecule is CC(C)Nc1ncc(-n2c(NC(C)C)nc3c(c2=O)C[C@@H](C)N(C(=O)c2ccc(Cl)c(Cl)c2)C3)cn1. The van der Waals surface area contributed by atoms with Crippen LogP contribution in [-0.4, -0.2) is 48.5 Å². The molecular weight excluding hydrogens is 501 g/mol. The van der Waals surface area contributed by atoms with E-state index < -0.39 is 0 Å². The highest BCUT2D eigenvalue weighted by Crippen LogP contribution is 2.27. The van der Waals surface area contributed by atoms with E-state index in [0.717, 1.165) is 0 Å². The predicted molar refractivity (Wildman–Crippen MR) is 142 cm³/mol. The number of nitrogens with zero attached hydrogens (tertiary/aromatic N) is 5. The van der Waals surface area contributed by atoms with Crippen molar-refractivity contribution in [2.45, 2.75) is 65.7 Å². The molecule has 1 aliphatic heterocycles. The number of halogens is 2. The van der Waals surface area contributed by atoms with Crippen LogP contribution in [-0.2, 0) is 13.0 Å². The smallest absolute Gasteiger partial charge is 0.263 e. The molecule has 36 heavy (non-hydrogen) atoms. The molecule has 190 valence electrons. The second-order valence-electron chi connectivity index (χ2n) is 9.48. The molecule has 0 spiro atoms. The molecule has 4 rings (SSSR count). The van der Waals surface area contributed by atoms with Crippen molar-refractivity contribution in [3.8, 4) is 5.69 Å². The van der Waals surface area contributed by atoms with Crippen LogP contribution in [0, 0.1) is 0 Å². The molecule has 1 aliphatic rings. The zero-order valence-corrected chi connectivity index (χ0v) is 22.4. The van der Waals surface area contributed by atoms with Gasteiger partial charge in [0.05, 0.1) is 40.4 Å². The topological polar surface area (TPSA) is 105 Å². The second-order valence-corrected chi connectivity index (χ2v) is 10.3. The van der Waals surface area contributed by atoms with Crippen molar-refractivity contribution >= 4 is 41.0 Å². The van der Waals surface area contributed by atoms with Crippen LogP contribution in [0.25, 0.3) is 5.69 Å². The molecule has 0 saturated carbocycles. The minimum absolute atomic E-state index is 0.0143. The van der Waals surface area contributed by atoms with E-state index in [2.05, 4.69) is 20.6 Å². The maximum absolute atomic E-state index is 13.7. The third-order valence-corrected chi connectivity index (χ3v) is 6.51. The van der Waals surface area contributed by atoms with E-state index in [9.17, 15) is 9.59 Å². The Bertz CT molecular complexity index is 1340. The Morgan fingerprint density at radius 1 is 1.06 bits per heavy atom. The van der Waals surface area contributed by atoms with Gasteiger partial charge in [-0.05, 0) is 59.2 Å². The number of anilines is 2. The molecule has 0 radical (unpaired) electrons. The Morgan fingerprint density at radius 2 is 1.72 bits per heavy atom. The van der Waals surface area contributed by atoms with Crippen LogP contribution in [0.2, 0.25) is 10.0 Å². The minimum atomic E-state index is -0.222. The van der Waals surface area contributed by atoms with Gasteiger partial charge in [0.15, 0.2) is 0 Å². The summed E-state index contributed by atoms with van der Waals surface area (Å²) in [6, 6.07) is 4.78. The number of fused-ring (bicyclic) bond motifs is 1. The summed E-state index contributed by atoms with van der Waals surface area (Å²) in [5.41, 5.74) is 1.87. The van der Waals surface area contributed by atoms with Gasteiger partial charge in [-0.15, -0.1) is 0 Å². The number of nitrogens with one attached hydrogen (secondary N) is 2. The van der Waals surface area contributed by atoms with Crippen LogP contribution in [0.5, 0.6) is 0 Å². The number of hydrogen-bond acceptors (Lipinski definition) is 7. The van der Waals surface area contributed by atoms with Gasteiger partial charge < -0.3 is 15.5 Å². The largest absolute Gasteiger partial charge is 0.353 e. The molecule has 2 aromatic heterocycles. The molecule has 0 aliphatic carbocycles. The van der Waals surface area contributed by atoms with Gasteiger partial charge in [-0.25, -0.2) is 19.5 Å². The normalized spacial score (nSPS) is 15.2. The first-order chi connectivity index (χ1) is 17.0. The second kappa shape index (κ2) is 10.4. The lowest BCUT2D eigenvalue weighted by Crippen LogP contribution is -2.46. The van der Waals surface area contributed by atoms with E-state index in [4.69, 9.17) is 28.2 Å². The maximum Gasteiger partial charge on any atom is 0.263 e. The summed E-state index contributed by atoms with van der Waals surface area (Å²) < 4.78 is 1.50. The van der Waals surface area contributed by atoms with E-state index in [0.29, 0.717) is 50.9 Å². The molecule has 0 unspecified atom stereocenters. The fourth-order valence-corrected chi connectivity index (χ4v) is 4.39. The van der Waals surface area contributed by atoms with Crippen molar-refractivity contribution in [3.05, 3.63) is 67.8 Å². The van der Waals surface area contributed by atoms with Crippen molar-refractivity contribution in [2.24, 2.45) is 0 Å². The molecule has 11 heteroatoms. The van der Waals surface area contributed by atoms with Crippen LogP contribution in [0.1, 0.15) is 56.2 Å². The van der Waals surface area contributed by atoms with Crippen LogP contribution in [0.4, 0.5) is 11.9 Å². The van der Waals surface area contributed by atoms with Gasteiger partial charge in [0.25, 0.3) is 11.5 Å². The standard InChI is InChI=1S/C25H29Cl2N7O2/c1-13(2)30-24-28-10-17(11-29-24)34-23(36)18-8-15(5)33(12-21(18)32-25(34)31-14(3)4)22(35)16-6-7-19(26)20(27)9-16/h6-7,9-11,13-15H,8,12H2,1-5H3,(H,31,32)(H,28,29,30)/t15-/m1/s1. The number of amides is 1. The molecule has 3 aromatic rings. The molecule has 0 bridgehead atoms. The van der Waals surface area contributed by atoms with Crippen LogP contribution in [0.15, 0.2) is 35.4 Å². The zero-order valence-electron chi connectivity index (χ0n) is 20.8. The summed E-state index contributed by atoms with van der Waals surface area (Å²) in [6.07, 6.45) is 3.57. The van der Waals surface area contributed by atoms with Gasteiger partial charge in [-0.2, -0.15) is 0 Å². The van der Waals surface area contributed by atoms with Crippen LogP contribution >= 0.6 is 23.2 Å². The summed E-state index contributed by atoms with van der Waals surface area (Å²) >= 11 is 12.1. The van der Waals surface area contributed by atoms with Crippen molar-refractivity contribution in [1.29, 1.82) is 0 Å². The summed E-state index contributed by atoms with van der Waals surface area (Å²) in [5, 5.41) is 7.09. The highest BCUT2D eigenvalue weighted by molar-refractivity contribution is 6.42. The fraction of sp³-hybridized carbons (Fsp3) is 0.400. The monoisotopic (exact) mass is 529 g/mol. The number of rotatable bonds is 6. The third kappa shape index (κ3) is 5.32. The molecule has 3 heterocycles. The van der Waals surface area contributed by atoms with Crippen molar-refractivity contribution < 1.29 is 4.79 Å². The van der Waals surface area contributed by atoms with Gasteiger partial charge in [-0.1, -0.05) is 23.2 Å². The van der Waals surface area contributed by atoms with E-state index >= 15 is 0 Å². The molecule has 1 amide bonds. The minimum Gasteiger partial charge on any atom is -0.353 e. The molecule has 0 saturated heterocycles. The molecule has 1 atom stereocenters. The Kier molecular flexibility index (Phi) is 7.51.